The molecule has 0 saturated carbocycles. The molecule has 0 N–H and O–H groups in total. The number of pyridine rings is 2. The van der Waals surface area contributed by atoms with E-state index >= 15 is 0 Å². The van der Waals surface area contributed by atoms with E-state index in [1.165, 1.54) is 15.2 Å². The van der Waals surface area contributed by atoms with Crippen molar-refractivity contribution in [2.75, 3.05) is 0 Å². The molecule has 0 saturated heterocycles. The van der Waals surface area contributed by atoms with Gasteiger partial charge in [-0.2, -0.15) is 0 Å². The van der Waals surface area contributed by atoms with Crippen LogP contribution in [0.1, 0.15) is 64.1 Å². The molecule has 0 bridgehead atoms. The van der Waals surface area contributed by atoms with Crippen molar-refractivity contribution in [3.63, 3.8) is 0 Å². The molecule has 0 atom stereocenters. The van der Waals surface area contributed by atoms with E-state index in [0.29, 0.717) is 28.8 Å². The van der Waals surface area contributed by atoms with Crippen LogP contribution in [0.3, 0.4) is 0 Å². The zero-order chi connectivity index (χ0) is 41.1. The number of benzene rings is 5. The molecule has 1 radical (unpaired) electrons. The second-order valence-corrected chi connectivity index (χ2v) is 26.7. The van der Waals surface area contributed by atoms with Crippen LogP contribution in [-0.2, 0) is 26.5 Å². The van der Waals surface area contributed by atoms with Crippen LogP contribution in [0.25, 0.3) is 66.0 Å². The molecule has 0 spiro atoms. The molecule has 3 heterocycles. The second kappa shape index (κ2) is 15.3. The topological polar surface area (TPSA) is 38.9 Å². The standard InChI is InChI=1S/C31H26NO.C17H22GeN.Ir/c1-19-18-32-28(15-22(19)17-31(2,3)4)25-11-7-10-24-27-14-21-13-12-20-8-5-6-9-23(20)26(21)16-29(27)33-30(24)25;1-13(2)15-11-17(14-9-7-6-8-10-14)19-12-16(15)18(3,4)5;/h5-10,12-16,18H,17H2,1-4H3;6-9,11-13H,1-5H3;/q2*-1;/i1D3,18D;13D;. The number of aromatic nitrogens is 2. The summed E-state index contributed by atoms with van der Waals surface area (Å²) in [4.78, 5) is 9.05. The quantitative estimate of drug-likeness (QED) is 0.0980. The number of hydrogen-bond acceptors (Lipinski definition) is 3. The van der Waals surface area contributed by atoms with Crippen molar-refractivity contribution in [1.82, 2.24) is 9.97 Å². The molecule has 53 heavy (non-hydrogen) atoms. The maximum atomic E-state index is 8.54. The predicted octanol–water partition coefficient (Wildman–Crippen LogP) is 12.9. The van der Waals surface area contributed by atoms with Crippen LogP contribution in [0.2, 0.25) is 17.3 Å². The monoisotopic (exact) mass is 940 g/mol. The molecule has 3 aromatic heterocycles. The minimum atomic E-state index is -2.42. The molecule has 0 aliphatic heterocycles. The summed E-state index contributed by atoms with van der Waals surface area (Å²) >= 11 is -2.03. The van der Waals surface area contributed by atoms with Crippen molar-refractivity contribution in [1.29, 1.82) is 0 Å². The summed E-state index contributed by atoms with van der Waals surface area (Å²) in [6.07, 6.45) is 2.29. The first-order valence-corrected chi connectivity index (χ1v) is 25.2. The van der Waals surface area contributed by atoms with Gasteiger partial charge in [0, 0.05) is 35.8 Å². The number of nitrogens with zero attached hydrogens (tertiary/aromatic N) is 2. The van der Waals surface area contributed by atoms with Gasteiger partial charge in [-0.1, -0.05) is 79.7 Å². The maximum Gasteiger partial charge on any atom is 0.121 e. The minimum Gasteiger partial charge on any atom is -0.501 e. The zero-order valence-corrected chi connectivity index (χ0v) is 36.2. The first-order valence-electron chi connectivity index (χ1n) is 20.4. The first-order chi connectivity index (χ1) is 26.7. The van der Waals surface area contributed by atoms with E-state index in [0.717, 1.165) is 43.9 Å². The van der Waals surface area contributed by atoms with Gasteiger partial charge in [-0.3, -0.25) is 0 Å². The summed E-state index contributed by atoms with van der Waals surface area (Å²) in [6.45, 7) is 7.67. The van der Waals surface area contributed by atoms with E-state index in [-0.39, 0.29) is 37.3 Å². The Morgan fingerprint density at radius 2 is 1.58 bits per heavy atom. The van der Waals surface area contributed by atoms with E-state index in [2.05, 4.69) is 103 Å². The largest absolute Gasteiger partial charge is 0.501 e. The molecule has 5 aromatic carbocycles. The van der Waals surface area contributed by atoms with E-state index < -0.39 is 26.0 Å². The van der Waals surface area contributed by atoms with E-state index in [1.54, 1.807) is 6.07 Å². The molecule has 0 aliphatic rings. The van der Waals surface area contributed by atoms with Crippen molar-refractivity contribution in [2.24, 2.45) is 5.41 Å². The van der Waals surface area contributed by atoms with Gasteiger partial charge in [-0.25, -0.2) is 0 Å². The van der Waals surface area contributed by atoms with Crippen molar-refractivity contribution >= 4 is 61.1 Å². The van der Waals surface area contributed by atoms with Crippen LogP contribution < -0.4 is 4.40 Å². The average molecular weight is 939 g/mol. The normalized spacial score (nSPS) is 13.8. The third-order valence-corrected chi connectivity index (χ3v) is 13.7. The van der Waals surface area contributed by atoms with Gasteiger partial charge >= 0.3 is 120 Å². The van der Waals surface area contributed by atoms with Crippen LogP contribution >= 0.6 is 0 Å². The van der Waals surface area contributed by atoms with E-state index in [4.69, 9.17) is 11.3 Å². The van der Waals surface area contributed by atoms with Gasteiger partial charge in [-0.15, -0.1) is 18.2 Å². The molecular formula is C48H48GeIrN2O-2. The molecule has 0 unspecified atom stereocenters. The van der Waals surface area contributed by atoms with Crippen LogP contribution in [-0.4, -0.2) is 23.2 Å². The van der Waals surface area contributed by atoms with Gasteiger partial charge in [0.15, 0.2) is 0 Å². The third kappa shape index (κ3) is 8.21. The van der Waals surface area contributed by atoms with E-state index in [9.17, 15) is 0 Å². The molecule has 5 heteroatoms. The third-order valence-electron chi connectivity index (χ3n) is 9.43. The molecule has 0 aliphatic carbocycles. The van der Waals surface area contributed by atoms with Crippen LogP contribution in [0, 0.1) is 24.4 Å². The molecule has 8 aromatic rings. The summed E-state index contributed by atoms with van der Waals surface area (Å²) in [5, 5.41) is 6.52. The fourth-order valence-corrected chi connectivity index (χ4v) is 10.2. The fourth-order valence-electron chi connectivity index (χ4n) is 6.90. The molecule has 271 valence electrons. The molecule has 0 amide bonds. The maximum absolute atomic E-state index is 8.54. The second-order valence-electron chi connectivity index (χ2n) is 16.1. The Kier molecular flexibility index (Phi) is 9.36. The number of fused-ring (bicyclic) bond motifs is 6. The summed E-state index contributed by atoms with van der Waals surface area (Å²) < 4.78 is 48.8. The van der Waals surface area contributed by atoms with Crippen LogP contribution in [0.4, 0.5) is 0 Å². The Hall–Kier alpha value is -4.09. The zero-order valence-electron chi connectivity index (χ0n) is 36.7. The summed E-state index contributed by atoms with van der Waals surface area (Å²) in [6, 6.07) is 38.8. The van der Waals surface area contributed by atoms with Gasteiger partial charge in [0.25, 0.3) is 0 Å². The SMILES string of the molecule is [2H]C(C)(C)c1cc(-c2[c-]cccc2)nc[c]1[Ge]([CH3])([CH3])[CH3].[2H]c1nc(-c2[c-]ccc3c2oc2cc4c(ccc5ccccc54)cc23)cc(CC(C)(C)C)c1C([2H])([2H])[2H].[Ir]. The van der Waals surface area contributed by atoms with Gasteiger partial charge in [0.2, 0.25) is 0 Å². The molecule has 8 rings (SSSR count). The van der Waals surface area contributed by atoms with Crippen molar-refractivity contribution < 1.29 is 31.4 Å². The van der Waals surface area contributed by atoms with Gasteiger partial charge in [0.05, 0.1) is 6.95 Å². The Morgan fingerprint density at radius 1 is 0.811 bits per heavy atom. The fraction of sp³-hybridized carbons (Fsp3) is 0.250. The summed E-state index contributed by atoms with van der Waals surface area (Å²) in [5.74, 6) is 6.45. The van der Waals surface area contributed by atoms with Crippen LogP contribution in [0.15, 0.2) is 114 Å². The van der Waals surface area contributed by atoms with Gasteiger partial charge in [0.1, 0.15) is 5.58 Å². The molecule has 0 fully saturated rings. The molecule has 3 nitrogen and oxygen atoms in total. The smallest absolute Gasteiger partial charge is 0.121 e. The minimum absolute atomic E-state index is 0. The Bertz CT molecular complexity index is 2780. The van der Waals surface area contributed by atoms with Crippen LogP contribution in [0.5, 0.6) is 0 Å². The van der Waals surface area contributed by atoms with Gasteiger partial charge < -0.3 is 9.40 Å². The Morgan fingerprint density at radius 3 is 2.30 bits per heavy atom. The Labute approximate surface area is 338 Å². The number of rotatable bonds is 5. The Balaban J connectivity index is 0.000000230. The predicted molar refractivity (Wildman–Crippen MR) is 224 cm³/mol. The van der Waals surface area contributed by atoms with Crippen molar-refractivity contribution in [2.45, 2.75) is 71.1 Å². The average Bonchev–Trinajstić information content (AvgIpc) is 3.50. The molecular weight excluding hydrogens is 885 g/mol. The number of hydrogen-bond donors (Lipinski definition) is 0. The summed E-state index contributed by atoms with van der Waals surface area (Å²) in [7, 11) is 0. The summed E-state index contributed by atoms with van der Waals surface area (Å²) in [5.41, 5.74) is 6.01. The van der Waals surface area contributed by atoms with Crippen molar-refractivity contribution in [3.8, 4) is 22.5 Å². The first kappa shape index (κ1) is 32.4. The van der Waals surface area contributed by atoms with E-state index in [1.807, 2.05) is 68.6 Å². The van der Waals surface area contributed by atoms with Gasteiger partial charge in [-0.05, 0) is 63.6 Å². The number of furan rings is 1. The van der Waals surface area contributed by atoms with Crippen molar-refractivity contribution in [3.05, 3.63) is 138 Å².